The predicted octanol–water partition coefficient (Wildman–Crippen LogP) is 4.93. The van der Waals surface area contributed by atoms with Crippen LogP contribution in [-0.2, 0) is 26.0 Å². The van der Waals surface area contributed by atoms with E-state index in [1.807, 2.05) is 24.3 Å². The van der Waals surface area contributed by atoms with Crippen molar-refractivity contribution in [3.05, 3.63) is 77.9 Å². The zero-order valence-electron chi connectivity index (χ0n) is 19.1. The second-order valence-electron chi connectivity index (χ2n) is 8.93. The van der Waals surface area contributed by atoms with Crippen LogP contribution in [0.3, 0.4) is 0 Å². The van der Waals surface area contributed by atoms with Crippen molar-refractivity contribution in [2.45, 2.75) is 68.5 Å². The summed E-state index contributed by atoms with van der Waals surface area (Å²) in [4.78, 5) is 15.1. The molecule has 2 aliphatic heterocycles. The quantitative estimate of drug-likeness (QED) is 0.367. The fourth-order valence-corrected chi connectivity index (χ4v) is 6.37. The number of ether oxygens (including phenoxy) is 1. The lowest BCUT2D eigenvalue weighted by atomic mass is 9.88. The number of hydrogen-bond donors (Lipinski definition) is 0. The standard InChI is InChI=1S/C27H33NO4S/c29-27-18-17-24-16-15-23(11-7-19-32-21-22-9-3-1-4-10-22)26(28(24)27)14-8-20-33(30,31)25-12-5-2-6-13-25/h1-6,9-13,24,26H,7-8,14-21H2/b23-11+/t24-,26+/m0/s1. The highest BCUT2D eigenvalue weighted by atomic mass is 32.2. The maximum absolute atomic E-state index is 12.7. The van der Waals surface area contributed by atoms with Crippen molar-refractivity contribution in [3.8, 4) is 0 Å². The lowest BCUT2D eigenvalue weighted by molar-refractivity contribution is -0.131. The molecule has 176 valence electrons. The number of benzene rings is 2. The van der Waals surface area contributed by atoms with Gasteiger partial charge in [0.1, 0.15) is 0 Å². The van der Waals surface area contributed by atoms with Gasteiger partial charge in [0.25, 0.3) is 0 Å². The first-order valence-electron chi connectivity index (χ1n) is 11.9. The minimum Gasteiger partial charge on any atom is -0.376 e. The minimum absolute atomic E-state index is 0.0128. The third-order valence-corrected chi connectivity index (χ3v) is 8.49. The molecule has 33 heavy (non-hydrogen) atoms. The van der Waals surface area contributed by atoms with Gasteiger partial charge in [0.05, 0.1) is 29.9 Å². The molecule has 5 nitrogen and oxygen atoms in total. The number of rotatable bonds is 10. The third-order valence-electron chi connectivity index (χ3n) is 6.68. The summed E-state index contributed by atoms with van der Waals surface area (Å²) in [7, 11) is -3.31. The van der Waals surface area contributed by atoms with Gasteiger partial charge in [0.2, 0.25) is 5.91 Å². The lowest BCUT2D eigenvalue weighted by Crippen LogP contribution is -2.46. The number of fused-ring (bicyclic) bond motifs is 1. The minimum atomic E-state index is -3.31. The summed E-state index contributed by atoms with van der Waals surface area (Å²) in [5.74, 6) is 0.315. The molecule has 4 rings (SSSR count). The average Bonchev–Trinajstić information content (AvgIpc) is 3.22. The molecule has 0 spiro atoms. The van der Waals surface area contributed by atoms with Crippen LogP contribution < -0.4 is 0 Å². The van der Waals surface area contributed by atoms with Gasteiger partial charge in [0.15, 0.2) is 9.84 Å². The van der Waals surface area contributed by atoms with Crippen LogP contribution in [0.5, 0.6) is 0 Å². The third kappa shape index (κ3) is 6.12. The van der Waals surface area contributed by atoms with E-state index in [4.69, 9.17) is 4.74 Å². The maximum Gasteiger partial charge on any atom is 0.223 e. The molecule has 2 fully saturated rings. The molecule has 0 saturated carbocycles. The molecule has 0 radical (unpaired) electrons. The van der Waals surface area contributed by atoms with Crippen molar-refractivity contribution < 1.29 is 17.9 Å². The topological polar surface area (TPSA) is 63.7 Å². The summed E-state index contributed by atoms with van der Waals surface area (Å²) in [6.07, 6.45) is 7.76. The van der Waals surface area contributed by atoms with Crippen LogP contribution in [-0.4, -0.2) is 43.7 Å². The van der Waals surface area contributed by atoms with Gasteiger partial charge in [-0.25, -0.2) is 8.42 Å². The second-order valence-corrected chi connectivity index (χ2v) is 11.0. The van der Waals surface area contributed by atoms with E-state index in [1.54, 1.807) is 24.3 Å². The van der Waals surface area contributed by atoms with Crippen LogP contribution in [0.15, 0.2) is 77.2 Å². The Bertz CT molecular complexity index is 1050. The van der Waals surface area contributed by atoms with Crippen LogP contribution in [0.1, 0.15) is 50.5 Å². The summed E-state index contributed by atoms with van der Waals surface area (Å²) in [5, 5.41) is 0. The van der Waals surface area contributed by atoms with Crippen molar-refractivity contribution in [2.24, 2.45) is 0 Å². The molecule has 0 N–H and O–H groups in total. The van der Waals surface area contributed by atoms with E-state index >= 15 is 0 Å². The van der Waals surface area contributed by atoms with Gasteiger partial charge in [0, 0.05) is 12.5 Å². The van der Waals surface area contributed by atoms with Crippen LogP contribution >= 0.6 is 0 Å². The van der Waals surface area contributed by atoms with Crippen molar-refractivity contribution in [1.82, 2.24) is 4.90 Å². The SMILES string of the molecule is O=C1CC[C@@H]2CC/C(=C\CCOCc3ccccc3)[C@@H](CCCS(=O)(=O)c3ccccc3)N12. The molecule has 6 heteroatoms. The molecule has 2 aromatic rings. The Morgan fingerprint density at radius 3 is 2.42 bits per heavy atom. The van der Waals surface area contributed by atoms with Gasteiger partial charge in [-0.05, 0) is 56.2 Å². The molecule has 2 saturated heterocycles. The number of nitrogens with zero attached hydrogens (tertiary/aromatic N) is 1. The van der Waals surface area contributed by atoms with Crippen molar-refractivity contribution in [3.63, 3.8) is 0 Å². The van der Waals surface area contributed by atoms with Gasteiger partial charge >= 0.3 is 0 Å². The van der Waals surface area contributed by atoms with Gasteiger partial charge in [-0.3, -0.25) is 4.79 Å². The molecule has 2 atom stereocenters. The first kappa shape index (κ1) is 23.7. The average molecular weight is 468 g/mol. The number of carbonyl (C=O) groups is 1. The van der Waals surface area contributed by atoms with Crippen LogP contribution in [0, 0.1) is 0 Å². The Balaban J connectivity index is 1.36. The van der Waals surface area contributed by atoms with E-state index in [1.165, 1.54) is 5.57 Å². The summed E-state index contributed by atoms with van der Waals surface area (Å²) in [5.41, 5.74) is 2.42. The van der Waals surface area contributed by atoms with Crippen molar-refractivity contribution in [1.29, 1.82) is 0 Å². The molecular weight excluding hydrogens is 434 g/mol. The monoisotopic (exact) mass is 467 g/mol. The van der Waals surface area contributed by atoms with E-state index in [0.29, 0.717) is 43.4 Å². The number of piperidine rings is 1. The normalized spacial score (nSPS) is 22.0. The first-order chi connectivity index (χ1) is 16.0. The van der Waals surface area contributed by atoms with E-state index in [-0.39, 0.29) is 17.7 Å². The zero-order valence-corrected chi connectivity index (χ0v) is 19.9. The number of hydrogen-bond acceptors (Lipinski definition) is 4. The van der Waals surface area contributed by atoms with Crippen molar-refractivity contribution >= 4 is 15.7 Å². The highest BCUT2D eigenvalue weighted by molar-refractivity contribution is 7.91. The zero-order chi connectivity index (χ0) is 23.1. The van der Waals surface area contributed by atoms with Crippen LogP contribution in [0.4, 0.5) is 0 Å². The number of sulfone groups is 1. The van der Waals surface area contributed by atoms with Crippen LogP contribution in [0.2, 0.25) is 0 Å². The molecule has 2 aromatic carbocycles. The summed E-state index contributed by atoms with van der Waals surface area (Å²) < 4.78 is 31.2. The van der Waals surface area contributed by atoms with E-state index in [9.17, 15) is 13.2 Å². The lowest BCUT2D eigenvalue weighted by Gasteiger charge is -2.40. The second kappa shape index (κ2) is 11.1. The highest BCUT2D eigenvalue weighted by Gasteiger charge is 2.40. The Labute approximate surface area is 197 Å². The van der Waals surface area contributed by atoms with Gasteiger partial charge in [-0.2, -0.15) is 0 Å². The largest absolute Gasteiger partial charge is 0.376 e. The smallest absolute Gasteiger partial charge is 0.223 e. The molecule has 1 amide bonds. The van der Waals surface area contributed by atoms with E-state index < -0.39 is 9.84 Å². The number of amides is 1. The fraction of sp³-hybridized carbons (Fsp3) is 0.444. The van der Waals surface area contributed by atoms with E-state index in [0.717, 1.165) is 31.2 Å². The van der Waals surface area contributed by atoms with Crippen LogP contribution in [0.25, 0.3) is 0 Å². The Hall–Kier alpha value is -2.44. The summed E-state index contributed by atoms with van der Waals surface area (Å²) >= 11 is 0. The maximum atomic E-state index is 12.7. The molecule has 0 aliphatic carbocycles. The Morgan fingerprint density at radius 2 is 1.67 bits per heavy atom. The highest BCUT2D eigenvalue weighted by Crippen LogP contribution is 2.37. The fourth-order valence-electron chi connectivity index (χ4n) is 5.02. The summed E-state index contributed by atoms with van der Waals surface area (Å²) in [6, 6.07) is 19.1. The molecule has 0 unspecified atom stereocenters. The predicted molar refractivity (Wildman–Crippen MR) is 129 cm³/mol. The number of carbonyl (C=O) groups excluding carboxylic acids is 1. The Kier molecular flexibility index (Phi) is 7.99. The van der Waals surface area contributed by atoms with Crippen molar-refractivity contribution in [2.75, 3.05) is 12.4 Å². The van der Waals surface area contributed by atoms with Gasteiger partial charge in [-0.15, -0.1) is 0 Å². The van der Waals surface area contributed by atoms with Gasteiger partial charge in [-0.1, -0.05) is 60.2 Å². The van der Waals surface area contributed by atoms with Gasteiger partial charge < -0.3 is 9.64 Å². The molecular formula is C27H33NO4S. The molecule has 2 heterocycles. The first-order valence-corrected chi connectivity index (χ1v) is 13.6. The molecule has 0 bridgehead atoms. The molecule has 2 aliphatic rings. The summed E-state index contributed by atoms with van der Waals surface area (Å²) in [6.45, 7) is 1.22. The molecule has 0 aromatic heterocycles. The Morgan fingerprint density at radius 1 is 0.970 bits per heavy atom. The van der Waals surface area contributed by atoms with E-state index in [2.05, 4.69) is 23.1 Å².